The minimum Gasteiger partial charge on any atom is -0.508 e. The molecule has 0 bridgehead atoms. The van der Waals surface area contributed by atoms with Crippen molar-refractivity contribution in [3.8, 4) is 39.9 Å². The van der Waals surface area contributed by atoms with E-state index in [4.69, 9.17) is 14.5 Å². The molecule has 0 aliphatic carbocycles. The maximum atomic E-state index is 9.72. The lowest BCUT2D eigenvalue weighted by Crippen LogP contribution is -2.25. The molecule has 1 aromatic heterocycles. The van der Waals surface area contributed by atoms with Crippen molar-refractivity contribution in [2.45, 2.75) is 46.5 Å². The van der Waals surface area contributed by atoms with Crippen LogP contribution in [0.15, 0.2) is 91.1 Å². The van der Waals surface area contributed by atoms with Crippen molar-refractivity contribution in [2.75, 3.05) is 26.2 Å². The van der Waals surface area contributed by atoms with Crippen LogP contribution in [0.4, 0.5) is 0 Å². The molecule has 0 amide bonds. The third-order valence-electron chi connectivity index (χ3n) is 7.61. The zero-order valence-electron chi connectivity index (χ0n) is 24.9. The van der Waals surface area contributed by atoms with E-state index in [-0.39, 0.29) is 5.75 Å². The van der Waals surface area contributed by atoms with E-state index in [0.717, 1.165) is 103 Å². The van der Waals surface area contributed by atoms with Gasteiger partial charge in [-0.15, -0.1) is 0 Å². The highest BCUT2D eigenvalue weighted by Crippen LogP contribution is 2.29. The molecule has 0 spiro atoms. The predicted octanol–water partition coefficient (Wildman–Crippen LogP) is 8.64. The van der Waals surface area contributed by atoms with Crippen LogP contribution in [0.25, 0.3) is 27.7 Å². The summed E-state index contributed by atoms with van der Waals surface area (Å²) in [6, 6.07) is 27.6. The summed E-state index contributed by atoms with van der Waals surface area (Å²) in [5.74, 6) is 3.72. The molecule has 6 nitrogen and oxygen atoms in total. The van der Waals surface area contributed by atoms with E-state index in [1.165, 1.54) is 0 Å². The van der Waals surface area contributed by atoms with Gasteiger partial charge in [-0.05, 0) is 110 Å². The Morgan fingerprint density at radius 3 is 2.19 bits per heavy atom. The number of aryl methyl sites for hydroxylation is 1. The Morgan fingerprint density at radius 1 is 0.762 bits per heavy atom. The fraction of sp³-hybridized carbons (Fsp3) is 0.306. The monoisotopic (exact) mass is 563 g/mol. The lowest BCUT2D eigenvalue weighted by molar-refractivity contribution is 0.249. The lowest BCUT2D eigenvalue weighted by atomic mass is 10.1. The van der Waals surface area contributed by atoms with E-state index in [9.17, 15) is 5.11 Å². The van der Waals surface area contributed by atoms with Crippen LogP contribution >= 0.6 is 0 Å². The number of phenols is 1. The molecule has 5 aromatic rings. The first-order valence-corrected chi connectivity index (χ1v) is 15.1. The minimum absolute atomic E-state index is 0.260. The predicted molar refractivity (Wildman–Crippen MR) is 171 cm³/mol. The number of fused-ring (bicyclic) bond motifs is 1. The molecule has 5 rings (SSSR count). The molecule has 0 atom stereocenters. The molecule has 0 unspecified atom stereocenters. The van der Waals surface area contributed by atoms with Crippen LogP contribution in [0, 0.1) is 0 Å². The number of aromatic hydroxyl groups is 1. The molecule has 0 radical (unpaired) electrons. The Bertz CT molecular complexity index is 1570. The van der Waals surface area contributed by atoms with Gasteiger partial charge in [0.2, 0.25) is 0 Å². The van der Waals surface area contributed by atoms with Gasteiger partial charge in [-0.3, -0.25) is 0 Å². The van der Waals surface area contributed by atoms with Crippen LogP contribution in [0.2, 0.25) is 0 Å². The first-order chi connectivity index (χ1) is 20.6. The lowest BCUT2D eigenvalue weighted by Gasteiger charge is -2.17. The topological polar surface area (TPSA) is 59.8 Å². The summed E-state index contributed by atoms with van der Waals surface area (Å²) >= 11 is 0. The number of phenolic OH excluding ortho intramolecular Hbond substituents is 1. The molecule has 0 saturated carbocycles. The van der Waals surface area contributed by atoms with Crippen molar-refractivity contribution >= 4 is 10.8 Å². The fourth-order valence-corrected chi connectivity index (χ4v) is 5.12. The van der Waals surface area contributed by atoms with Gasteiger partial charge in [0.25, 0.3) is 0 Å². The number of imidazole rings is 1. The summed E-state index contributed by atoms with van der Waals surface area (Å²) in [6.07, 6.45) is 6.25. The average Bonchev–Trinajstić information content (AvgIpc) is 3.45. The summed E-state index contributed by atoms with van der Waals surface area (Å²) in [4.78, 5) is 7.45. The van der Waals surface area contributed by atoms with E-state index in [2.05, 4.69) is 60.7 Å². The van der Waals surface area contributed by atoms with Crippen molar-refractivity contribution in [3.63, 3.8) is 0 Å². The van der Waals surface area contributed by atoms with E-state index in [0.29, 0.717) is 0 Å². The number of unbranched alkanes of at least 4 members (excludes halogenated alkanes) is 1. The molecule has 0 fully saturated rings. The molecule has 0 aliphatic rings. The second kappa shape index (κ2) is 14.1. The Hall–Kier alpha value is -4.29. The second-order valence-corrected chi connectivity index (χ2v) is 10.6. The van der Waals surface area contributed by atoms with E-state index in [1.54, 1.807) is 12.1 Å². The van der Waals surface area contributed by atoms with Gasteiger partial charge in [-0.2, -0.15) is 0 Å². The molecule has 218 valence electrons. The molecule has 0 aliphatic heterocycles. The van der Waals surface area contributed by atoms with Crippen LogP contribution in [0.3, 0.4) is 0 Å². The number of hydrogen-bond donors (Lipinski definition) is 1. The maximum Gasteiger partial charge on any atom is 0.128 e. The molecule has 1 heterocycles. The van der Waals surface area contributed by atoms with Gasteiger partial charge < -0.3 is 24.0 Å². The molecule has 6 heteroatoms. The van der Waals surface area contributed by atoms with Gasteiger partial charge in [-0.25, -0.2) is 4.98 Å². The average molecular weight is 564 g/mol. The number of nitrogens with zero attached hydrogens (tertiary/aromatic N) is 3. The highest BCUT2D eigenvalue weighted by Gasteiger charge is 2.12. The number of rotatable bonds is 14. The number of aromatic nitrogens is 2. The summed E-state index contributed by atoms with van der Waals surface area (Å²) in [5.41, 5.74) is 3.08. The normalized spacial score (nSPS) is 11.3. The first-order valence-electron chi connectivity index (χ1n) is 15.1. The largest absolute Gasteiger partial charge is 0.508 e. The highest BCUT2D eigenvalue weighted by atomic mass is 16.5. The Balaban J connectivity index is 1.28. The third-order valence-corrected chi connectivity index (χ3v) is 7.61. The van der Waals surface area contributed by atoms with Crippen molar-refractivity contribution < 1.29 is 14.6 Å². The van der Waals surface area contributed by atoms with E-state index < -0.39 is 0 Å². The standard InChI is InChI=1S/C36H41N3O3/c1-4-7-9-36-37-35(27-11-17-32(18-12-27)41-23-8-22-38(5-2)6-3)26-39(36)30-14-20-33(21-15-30)42-34-19-13-28-24-31(40)16-10-29(28)25-34/h10-21,24-26,40H,4-9,22-23H2,1-3H3. The van der Waals surface area contributed by atoms with Gasteiger partial charge in [-0.1, -0.05) is 39.3 Å². The van der Waals surface area contributed by atoms with Gasteiger partial charge in [0.15, 0.2) is 0 Å². The van der Waals surface area contributed by atoms with Crippen LogP contribution in [0.5, 0.6) is 23.0 Å². The first kappa shape index (κ1) is 29.2. The molecular weight excluding hydrogens is 522 g/mol. The summed E-state index contributed by atoms with van der Waals surface area (Å²) in [6.45, 7) is 10.5. The highest BCUT2D eigenvalue weighted by molar-refractivity contribution is 5.85. The van der Waals surface area contributed by atoms with Gasteiger partial charge in [0.1, 0.15) is 28.8 Å². The number of ether oxygens (including phenoxy) is 2. The Morgan fingerprint density at radius 2 is 1.45 bits per heavy atom. The summed E-state index contributed by atoms with van der Waals surface area (Å²) < 4.78 is 14.3. The molecular formula is C36H41N3O3. The van der Waals surface area contributed by atoms with Crippen molar-refractivity contribution in [3.05, 3.63) is 97.0 Å². The molecule has 1 N–H and O–H groups in total. The van der Waals surface area contributed by atoms with Crippen molar-refractivity contribution in [2.24, 2.45) is 0 Å². The quantitative estimate of drug-likeness (QED) is 0.137. The van der Waals surface area contributed by atoms with Crippen LogP contribution in [0.1, 0.15) is 45.9 Å². The van der Waals surface area contributed by atoms with Crippen molar-refractivity contribution in [1.29, 1.82) is 0 Å². The summed E-state index contributed by atoms with van der Waals surface area (Å²) in [7, 11) is 0. The van der Waals surface area contributed by atoms with E-state index in [1.807, 2.05) is 48.5 Å². The van der Waals surface area contributed by atoms with Crippen LogP contribution in [-0.2, 0) is 6.42 Å². The molecule has 0 saturated heterocycles. The molecule has 4 aromatic carbocycles. The SMILES string of the molecule is CCCCc1nc(-c2ccc(OCCCN(CC)CC)cc2)cn1-c1ccc(Oc2ccc3cc(O)ccc3c2)cc1. The number of benzene rings is 4. The Labute approximate surface area is 249 Å². The van der Waals surface area contributed by atoms with Crippen LogP contribution < -0.4 is 9.47 Å². The minimum atomic E-state index is 0.260. The van der Waals surface area contributed by atoms with Gasteiger partial charge >= 0.3 is 0 Å². The third kappa shape index (κ3) is 7.31. The Kier molecular flexibility index (Phi) is 9.78. The number of hydrogen-bond acceptors (Lipinski definition) is 5. The van der Waals surface area contributed by atoms with Crippen LogP contribution in [-0.4, -0.2) is 45.8 Å². The van der Waals surface area contributed by atoms with E-state index >= 15 is 0 Å². The fourth-order valence-electron chi connectivity index (χ4n) is 5.12. The van der Waals surface area contributed by atoms with Gasteiger partial charge in [0, 0.05) is 30.4 Å². The smallest absolute Gasteiger partial charge is 0.128 e. The zero-order valence-corrected chi connectivity index (χ0v) is 24.9. The maximum absolute atomic E-state index is 9.72. The molecule has 42 heavy (non-hydrogen) atoms. The zero-order chi connectivity index (χ0) is 29.3. The second-order valence-electron chi connectivity index (χ2n) is 10.6. The summed E-state index contributed by atoms with van der Waals surface area (Å²) in [5, 5.41) is 11.7. The van der Waals surface area contributed by atoms with Crippen molar-refractivity contribution in [1.82, 2.24) is 14.5 Å². The van der Waals surface area contributed by atoms with Gasteiger partial charge in [0.05, 0.1) is 12.3 Å².